The SMILES string of the molecule is CCC(=O)Nc1cc(S(=O)(=O)Nc2ccc(F)c(Cl)c2)ccc1OC. The molecule has 2 rings (SSSR count). The van der Waals surface area contributed by atoms with Crippen LogP contribution in [0.3, 0.4) is 0 Å². The second-order valence-electron chi connectivity index (χ2n) is 5.00. The average Bonchev–Trinajstić information content (AvgIpc) is 2.57. The topological polar surface area (TPSA) is 84.5 Å². The van der Waals surface area contributed by atoms with Gasteiger partial charge in [0, 0.05) is 6.42 Å². The molecule has 0 saturated carbocycles. The van der Waals surface area contributed by atoms with Crippen molar-refractivity contribution in [3.63, 3.8) is 0 Å². The van der Waals surface area contributed by atoms with E-state index in [1.165, 1.54) is 31.4 Å². The summed E-state index contributed by atoms with van der Waals surface area (Å²) in [6.07, 6.45) is 0.229. The molecule has 2 aromatic rings. The molecule has 0 aromatic heterocycles. The van der Waals surface area contributed by atoms with Gasteiger partial charge in [-0.3, -0.25) is 9.52 Å². The Bertz CT molecular complexity index is 903. The summed E-state index contributed by atoms with van der Waals surface area (Å²) in [5.41, 5.74) is 0.343. The summed E-state index contributed by atoms with van der Waals surface area (Å²) in [4.78, 5) is 11.5. The number of amides is 1. The standard InChI is InChI=1S/C16H16ClFN2O4S/c1-3-16(21)19-14-9-11(5-7-15(14)24-2)25(22,23)20-10-4-6-13(18)12(17)8-10/h4-9,20H,3H2,1-2H3,(H,19,21). The smallest absolute Gasteiger partial charge is 0.261 e. The van der Waals surface area contributed by atoms with Crippen molar-refractivity contribution in [2.24, 2.45) is 0 Å². The summed E-state index contributed by atoms with van der Waals surface area (Å²) in [5.74, 6) is -0.615. The van der Waals surface area contributed by atoms with Crippen LogP contribution in [0.4, 0.5) is 15.8 Å². The van der Waals surface area contributed by atoms with Gasteiger partial charge in [-0.2, -0.15) is 0 Å². The third kappa shape index (κ3) is 4.61. The molecule has 1 amide bonds. The Morgan fingerprint density at radius 1 is 1.24 bits per heavy atom. The van der Waals surface area contributed by atoms with Gasteiger partial charge in [0.15, 0.2) is 0 Å². The zero-order chi connectivity index (χ0) is 18.6. The Labute approximate surface area is 150 Å². The monoisotopic (exact) mass is 386 g/mol. The van der Waals surface area contributed by atoms with Crippen molar-refractivity contribution < 1.29 is 22.3 Å². The van der Waals surface area contributed by atoms with E-state index in [9.17, 15) is 17.6 Å². The van der Waals surface area contributed by atoms with Gasteiger partial charge in [-0.25, -0.2) is 12.8 Å². The average molecular weight is 387 g/mol. The lowest BCUT2D eigenvalue weighted by atomic mass is 10.3. The van der Waals surface area contributed by atoms with Crippen LogP contribution in [0.5, 0.6) is 5.75 Å². The quantitative estimate of drug-likeness (QED) is 0.793. The first-order chi connectivity index (χ1) is 11.8. The number of methoxy groups -OCH3 is 1. The maximum Gasteiger partial charge on any atom is 0.261 e. The Morgan fingerprint density at radius 3 is 2.56 bits per heavy atom. The number of carbonyl (C=O) groups is 1. The lowest BCUT2D eigenvalue weighted by Crippen LogP contribution is -2.15. The van der Waals surface area contributed by atoms with Gasteiger partial charge in [-0.15, -0.1) is 0 Å². The summed E-state index contributed by atoms with van der Waals surface area (Å²) in [6, 6.07) is 7.51. The van der Waals surface area contributed by atoms with Crippen LogP contribution >= 0.6 is 11.6 Å². The van der Waals surface area contributed by atoms with Crippen molar-refractivity contribution >= 4 is 38.9 Å². The van der Waals surface area contributed by atoms with Crippen molar-refractivity contribution in [3.05, 3.63) is 47.2 Å². The van der Waals surface area contributed by atoms with Gasteiger partial charge in [0.05, 0.1) is 28.4 Å². The Hall–Kier alpha value is -2.32. The van der Waals surface area contributed by atoms with Crippen molar-refractivity contribution in [1.82, 2.24) is 0 Å². The zero-order valence-corrected chi connectivity index (χ0v) is 15.0. The molecule has 2 N–H and O–H groups in total. The van der Waals surface area contributed by atoms with Crippen LogP contribution in [-0.2, 0) is 14.8 Å². The Balaban J connectivity index is 2.36. The van der Waals surface area contributed by atoms with Crippen molar-refractivity contribution in [1.29, 1.82) is 0 Å². The van der Waals surface area contributed by atoms with E-state index in [0.717, 1.165) is 12.1 Å². The predicted molar refractivity (Wildman–Crippen MR) is 94.1 cm³/mol. The Kier molecular flexibility index (Phi) is 5.86. The molecule has 9 heteroatoms. The highest BCUT2D eigenvalue weighted by Gasteiger charge is 2.18. The van der Waals surface area contributed by atoms with Crippen LogP contribution in [0.25, 0.3) is 0 Å². The first kappa shape index (κ1) is 19.0. The molecule has 6 nitrogen and oxygen atoms in total. The molecule has 0 fully saturated rings. The molecule has 0 heterocycles. The second-order valence-corrected chi connectivity index (χ2v) is 7.09. The molecular weight excluding hydrogens is 371 g/mol. The molecule has 2 aromatic carbocycles. The van der Waals surface area contributed by atoms with Crippen LogP contribution in [0.1, 0.15) is 13.3 Å². The lowest BCUT2D eigenvalue weighted by molar-refractivity contribution is -0.115. The fourth-order valence-corrected chi connectivity index (χ4v) is 3.22. The summed E-state index contributed by atoms with van der Waals surface area (Å²) in [6.45, 7) is 1.67. The van der Waals surface area contributed by atoms with E-state index in [-0.39, 0.29) is 33.6 Å². The van der Waals surface area contributed by atoms with E-state index >= 15 is 0 Å². The number of anilines is 2. The van der Waals surface area contributed by atoms with Crippen LogP contribution in [0, 0.1) is 5.82 Å². The number of benzene rings is 2. The summed E-state index contributed by atoms with van der Waals surface area (Å²) in [5, 5.41) is 2.37. The third-order valence-electron chi connectivity index (χ3n) is 3.25. The molecule has 0 aliphatic rings. The largest absolute Gasteiger partial charge is 0.495 e. The summed E-state index contributed by atoms with van der Waals surface area (Å²) < 4.78 is 45.6. The van der Waals surface area contributed by atoms with Gasteiger partial charge in [0.25, 0.3) is 10.0 Å². The first-order valence-electron chi connectivity index (χ1n) is 7.22. The molecule has 25 heavy (non-hydrogen) atoms. The molecule has 0 aliphatic heterocycles. The van der Waals surface area contributed by atoms with Gasteiger partial charge in [0.1, 0.15) is 11.6 Å². The molecule has 0 unspecified atom stereocenters. The van der Waals surface area contributed by atoms with Crippen LogP contribution < -0.4 is 14.8 Å². The third-order valence-corrected chi connectivity index (χ3v) is 4.92. The van der Waals surface area contributed by atoms with Gasteiger partial charge >= 0.3 is 0 Å². The van der Waals surface area contributed by atoms with E-state index in [1.54, 1.807) is 6.92 Å². The highest BCUT2D eigenvalue weighted by atomic mass is 35.5. The van der Waals surface area contributed by atoms with E-state index in [2.05, 4.69) is 10.0 Å². The second kappa shape index (κ2) is 7.71. The number of ether oxygens (including phenoxy) is 1. The lowest BCUT2D eigenvalue weighted by Gasteiger charge is -2.13. The van der Waals surface area contributed by atoms with Gasteiger partial charge in [0.2, 0.25) is 5.91 Å². The maximum absolute atomic E-state index is 13.2. The molecule has 134 valence electrons. The number of sulfonamides is 1. The molecule has 0 spiro atoms. The highest BCUT2D eigenvalue weighted by Crippen LogP contribution is 2.29. The van der Waals surface area contributed by atoms with Crippen LogP contribution in [0.15, 0.2) is 41.3 Å². The normalized spacial score (nSPS) is 11.0. The van der Waals surface area contributed by atoms with Crippen LogP contribution in [-0.4, -0.2) is 21.4 Å². The molecular formula is C16H16ClFN2O4S. The summed E-state index contributed by atoms with van der Waals surface area (Å²) in [7, 11) is -2.56. The number of hydrogen-bond acceptors (Lipinski definition) is 4. The molecule has 0 saturated heterocycles. The summed E-state index contributed by atoms with van der Waals surface area (Å²) >= 11 is 5.65. The minimum Gasteiger partial charge on any atom is -0.495 e. The van der Waals surface area contributed by atoms with Crippen molar-refractivity contribution in [3.8, 4) is 5.75 Å². The molecule has 0 radical (unpaired) electrons. The number of hydrogen-bond donors (Lipinski definition) is 2. The van der Waals surface area contributed by atoms with Crippen molar-refractivity contribution in [2.45, 2.75) is 18.2 Å². The van der Waals surface area contributed by atoms with Crippen molar-refractivity contribution in [2.75, 3.05) is 17.1 Å². The zero-order valence-electron chi connectivity index (χ0n) is 13.5. The number of carbonyl (C=O) groups excluding carboxylic acids is 1. The van der Waals surface area contributed by atoms with E-state index in [4.69, 9.17) is 16.3 Å². The maximum atomic E-state index is 13.2. The van der Waals surface area contributed by atoms with E-state index < -0.39 is 15.8 Å². The van der Waals surface area contributed by atoms with Gasteiger partial charge < -0.3 is 10.1 Å². The van der Waals surface area contributed by atoms with Gasteiger partial charge in [-0.05, 0) is 36.4 Å². The molecule has 0 aliphatic carbocycles. The fourth-order valence-electron chi connectivity index (χ4n) is 1.96. The minimum atomic E-state index is -3.97. The highest BCUT2D eigenvalue weighted by molar-refractivity contribution is 7.92. The molecule has 0 atom stereocenters. The first-order valence-corrected chi connectivity index (χ1v) is 9.08. The Morgan fingerprint density at radius 2 is 1.96 bits per heavy atom. The van der Waals surface area contributed by atoms with Gasteiger partial charge in [-0.1, -0.05) is 18.5 Å². The predicted octanol–water partition coefficient (Wildman–Crippen LogP) is 3.64. The minimum absolute atomic E-state index is 0.0971. The molecule has 0 bridgehead atoms. The van der Waals surface area contributed by atoms with Crippen LogP contribution in [0.2, 0.25) is 5.02 Å². The van der Waals surface area contributed by atoms with E-state index in [1.807, 2.05) is 0 Å². The van der Waals surface area contributed by atoms with E-state index in [0.29, 0.717) is 5.75 Å². The number of nitrogens with one attached hydrogen (secondary N) is 2. The number of halogens is 2. The fraction of sp³-hybridized carbons (Fsp3) is 0.188. The number of rotatable bonds is 6.